The largest absolute Gasteiger partial charge is 0.427 e. The van der Waals surface area contributed by atoms with Gasteiger partial charge in [0.2, 0.25) is 0 Å². The van der Waals surface area contributed by atoms with Crippen LogP contribution in [0.3, 0.4) is 0 Å². The zero-order chi connectivity index (χ0) is 31.2. The third-order valence-corrected chi connectivity index (χ3v) is 5.25. The molecule has 6 heteroatoms. The van der Waals surface area contributed by atoms with Gasteiger partial charge in [-0.3, -0.25) is 14.4 Å². The van der Waals surface area contributed by atoms with Crippen LogP contribution in [0.4, 0.5) is 0 Å². The van der Waals surface area contributed by atoms with Gasteiger partial charge in [-0.15, -0.1) is 0 Å². The van der Waals surface area contributed by atoms with E-state index in [0.717, 1.165) is 11.1 Å². The van der Waals surface area contributed by atoms with Crippen molar-refractivity contribution in [1.29, 1.82) is 0 Å². The molecule has 3 rings (SSSR count). The minimum atomic E-state index is -0.449. The SMILES string of the molecule is C=C(/C=C\C(C#Cc1cc(C#Cc2ccc(OC(C)=O)cc2)cc(C#Cc2ccc(OC(C)=O)cc2)c1)=C/C)OC(C)=O. The van der Waals surface area contributed by atoms with Gasteiger partial charge in [0.05, 0.1) is 0 Å². The predicted molar refractivity (Wildman–Crippen MR) is 165 cm³/mol. The highest BCUT2D eigenvalue weighted by atomic mass is 16.5. The molecule has 0 aromatic heterocycles. The molecule has 0 N–H and O–H groups in total. The van der Waals surface area contributed by atoms with Crippen LogP contribution in [0.25, 0.3) is 0 Å². The molecule has 212 valence electrons. The zero-order valence-electron chi connectivity index (χ0n) is 24.2. The molecular weight excluding hydrogens is 540 g/mol. The van der Waals surface area contributed by atoms with E-state index in [1.54, 1.807) is 60.7 Å². The monoisotopic (exact) mass is 568 g/mol. The van der Waals surface area contributed by atoms with Crippen LogP contribution < -0.4 is 9.47 Å². The first-order valence-corrected chi connectivity index (χ1v) is 13.1. The minimum Gasteiger partial charge on any atom is -0.427 e. The second kappa shape index (κ2) is 15.7. The molecular formula is C37H28O6. The molecule has 0 spiro atoms. The lowest BCUT2D eigenvalue weighted by Gasteiger charge is -2.01. The van der Waals surface area contributed by atoms with Crippen LogP contribution in [-0.4, -0.2) is 17.9 Å². The van der Waals surface area contributed by atoms with Crippen molar-refractivity contribution in [3.8, 4) is 47.0 Å². The molecule has 0 saturated carbocycles. The third-order valence-electron chi connectivity index (χ3n) is 5.25. The summed E-state index contributed by atoms with van der Waals surface area (Å²) in [6.07, 6.45) is 5.11. The van der Waals surface area contributed by atoms with Crippen LogP contribution in [0, 0.1) is 35.5 Å². The summed E-state index contributed by atoms with van der Waals surface area (Å²) in [6, 6.07) is 19.4. The van der Waals surface area contributed by atoms with Crippen LogP contribution in [0.5, 0.6) is 11.5 Å². The Morgan fingerprint density at radius 1 is 0.605 bits per heavy atom. The number of hydrogen-bond donors (Lipinski definition) is 0. The topological polar surface area (TPSA) is 78.9 Å². The summed E-state index contributed by atoms with van der Waals surface area (Å²) in [4.78, 5) is 33.5. The quantitative estimate of drug-likeness (QED) is 0.119. The molecule has 0 fully saturated rings. The van der Waals surface area contributed by atoms with Gasteiger partial charge in [-0.2, -0.15) is 0 Å². The predicted octanol–water partition coefficient (Wildman–Crippen LogP) is 6.27. The highest BCUT2D eigenvalue weighted by Crippen LogP contribution is 2.14. The minimum absolute atomic E-state index is 0.213. The van der Waals surface area contributed by atoms with Gasteiger partial charge >= 0.3 is 17.9 Å². The van der Waals surface area contributed by atoms with Crippen LogP contribution in [0.15, 0.2) is 103 Å². The summed E-state index contributed by atoms with van der Waals surface area (Å²) < 4.78 is 15.1. The van der Waals surface area contributed by atoms with Gasteiger partial charge in [-0.1, -0.05) is 48.2 Å². The first-order chi connectivity index (χ1) is 20.6. The van der Waals surface area contributed by atoms with Gasteiger partial charge < -0.3 is 14.2 Å². The second-order valence-corrected chi connectivity index (χ2v) is 8.92. The summed E-state index contributed by atoms with van der Waals surface area (Å²) in [6.45, 7) is 9.53. The Balaban J connectivity index is 1.94. The number of carbonyl (C=O) groups is 3. The lowest BCUT2D eigenvalue weighted by atomic mass is 10.0. The molecule has 0 aliphatic heterocycles. The Bertz CT molecular complexity index is 1690. The average molecular weight is 569 g/mol. The van der Waals surface area contributed by atoms with Crippen molar-refractivity contribution < 1.29 is 28.6 Å². The number of carbonyl (C=O) groups excluding carboxylic acids is 3. The normalized spacial score (nSPS) is 10.2. The van der Waals surface area contributed by atoms with Crippen molar-refractivity contribution in [2.24, 2.45) is 0 Å². The molecule has 3 aromatic rings. The van der Waals surface area contributed by atoms with Gasteiger partial charge in [0, 0.05) is 54.2 Å². The number of ether oxygens (including phenoxy) is 3. The number of benzene rings is 3. The van der Waals surface area contributed by atoms with Crippen molar-refractivity contribution >= 4 is 17.9 Å². The van der Waals surface area contributed by atoms with Crippen molar-refractivity contribution in [3.63, 3.8) is 0 Å². The number of esters is 3. The van der Waals surface area contributed by atoms with E-state index in [2.05, 4.69) is 42.1 Å². The maximum atomic E-state index is 11.2. The van der Waals surface area contributed by atoms with Gasteiger partial charge in [-0.25, -0.2) is 0 Å². The Morgan fingerprint density at radius 2 is 1.02 bits per heavy atom. The fourth-order valence-corrected chi connectivity index (χ4v) is 3.43. The Morgan fingerprint density at radius 3 is 1.42 bits per heavy atom. The molecule has 0 unspecified atom stereocenters. The molecule has 0 heterocycles. The summed E-state index contributed by atoms with van der Waals surface area (Å²) >= 11 is 0. The fraction of sp³-hybridized carbons (Fsp3) is 0.108. The van der Waals surface area contributed by atoms with E-state index in [1.165, 1.54) is 20.8 Å². The first-order valence-electron chi connectivity index (χ1n) is 13.1. The maximum absolute atomic E-state index is 11.2. The van der Waals surface area contributed by atoms with Crippen LogP contribution in [0.2, 0.25) is 0 Å². The summed E-state index contributed by atoms with van der Waals surface area (Å²) in [7, 11) is 0. The molecule has 0 atom stereocenters. The van der Waals surface area contributed by atoms with E-state index in [-0.39, 0.29) is 5.76 Å². The van der Waals surface area contributed by atoms with E-state index in [0.29, 0.717) is 33.8 Å². The molecule has 6 nitrogen and oxygen atoms in total. The second-order valence-electron chi connectivity index (χ2n) is 8.92. The standard InChI is InChI=1S/C37H28O6/c1-6-30(8-7-26(2)41-27(3)38)9-12-33-23-34(13-10-31-15-19-36(20-16-31)42-28(4)39)25-35(24-33)14-11-32-17-21-37(22-18-32)43-29(5)40/h6-8,15-25H,2H2,1,3-5H3/b8-7-,30-6+. The Kier molecular flexibility index (Phi) is 11.5. The van der Waals surface area contributed by atoms with Gasteiger partial charge in [0.25, 0.3) is 0 Å². The maximum Gasteiger partial charge on any atom is 0.308 e. The summed E-state index contributed by atoms with van der Waals surface area (Å²) in [5.41, 5.74) is 4.26. The highest BCUT2D eigenvalue weighted by molar-refractivity contribution is 5.70. The van der Waals surface area contributed by atoms with Crippen LogP contribution >= 0.6 is 0 Å². The number of rotatable bonds is 5. The molecule has 0 aliphatic carbocycles. The van der Waals surface area contributed by atoms with Crippen LogP contribution in [-0.2, 0) is 19.1 Å². The molecule has 0 radical (unpaired) electrons. The van der Waals surface area contributed by atoms with E-state index < -0.39 is 17.9 Å². The number of hydrogen-bond acceptors (Lipinski definition) is 6. The smallest absolute Gasteiger partial charge is 0.308 e. The Labute approximate surface area is 251 Å². The summed E-state index contributed by atoms with van der Waals surface area (Å²) in [5.74, 6) is 18.7. The third kappa shape index (κ3) is 11.5. The molecule has 0 saturated heterocycles. The van der Waals surface area contributed by atoms with E-state index in [4.69, 9.17) is 14.2 Å². The molecule has 0 bridgehead atoms. The number of allylic oxidation sites excluding steroid dienone is 4. The lowest BCUT2D eigenvalue weighted by molar-refractivity contribution is -0.136. The highest BCUT2D eigenvalue weighted by Gasteiger charge is 2.01. The molecule has 0 aliphatic rings. The first kappa shape index (κ1) is 31.5. The van der Waals surface area contributed by atoms with Crippen molar-refractivity contribution in [2.75, 3.05) is 0 Å². The molecule has 0 amide bonds. The van der Waals surface area contributed by atoms with Crippen molar-refractivity contribution in [1.82, 2.24) is 0 Å². The Hall–Kier alpha value is -6.03. The van der Waals surface area contributed by atoms with Gasteiger partial charge in [0.1, 0.15) is 17.3 Å². The van der Waals surface area contributed by atoms with Gasteiger partial charge in [0.15, 0.2) is 0 Å². The molecule has 3 aromatic carbocycles. The lowest BCUT2D eigenvalue weighted by Crippen LogP contribution is -2.00. The molecule has 43 heavy (non-hydrogen) atoms. The van der Waals surface area contributed by atoms with Gasteiger partial charge in [-0.05, 0) is 85.8 Å². The van der Waals surface area contributed by atoms with E-state index in [1.807, 2.05) is 31.2 Å². The van der Waals surface area contributed by atoms with E-state index >= 15 is 0 Å². The summed E-state index contributed by atoms with van der Waals surface area (Å²) in [5, 5.41) is 0. The van der Waals surface area contributed by atoms with Crippen molar-refractivity contribution in [2.45, 2.75) is 27.7 Å². The van der Waals surface area contributed by atoms with Crippen molar-refractivity contribution in [3.05, 3.63) is 131 Å². The van der Waals surface area contributed by atoms with E-state index in [9.17, 15) is 14.4 Å². The van der Waals surface area contributed by atoms with Crippen LogP contribution in [0.1, 0.15) is 55.5 Å². The fourth-order valence-electron chi connectivity index (χ4n) is 3.43. The zero-order valence-corrected chi connectivity index (χ0v) is 24.2. The average Bonchev–Trinajstić information content (AvgIpc) is 2.95.